The average Bonchev–Trinajstić information content (AvgIpc) is 2.58. The quantitative estimate of drug-likeness (QED) is 0.809. The molecule has 0 saturated heterocycles. The van der Waals surface area contributed by atoms with Crippen molar-refractivity contribution >= 4 is 11.7 Å². The Morgan fingerprint density at radius 2 is 2.18 bits per heavy atom. The number of halogens is 1. The monoisotopic (exact) mass is 235 g/mol. The molecule has 0 unspecified atom stereocenters. The summed E-state index contributed by atoms with van der Waals surface area (Å²) >= 11 is 0. The van der Waals surface area contributed by atoms with Crippen molar-refractivity contribution in [3.63, 3.8) is 0 Å². The van der Waals surface area contributed by atoms with Gasteiger partial charge in [0.25, 0.3) is 5.91 Å². The lowest BCUT2D eigenvalue weighted by Gasteiger charge is -2.03. The van der Waals surface area contributed by atoms with Gasteiger partial charge >= 0.3 is 0 Å². The molecule has 0 bridgehead atoms. The lowest BCUT2D eigenvalue weighted by molar-refractivity contribution is 0.102. The zero-order valence-corrected chi connectivity index (χ0v) is 9.32. The number of pyridine rings is 1. The van der Waals surface area contributed by atoms with E-state index < -0.39 is 11.9 Å². The molecule has 0 aliphatic rings. The first-order valence-corrected chi connectivity index (χ1v) is 4.94. The van der Waals surface area contributed by atoms with Crippen molar-refractivity contribution < 1.29 is 13.7 Å². The number of nitrogens with one attached hydrogen (secondary N) is 1. The molecule has 0 aliphatic carbocycles. The second-order valence-corrected chi connectivity index (χ2v) is 3.50. The summed E-state index contributed by atoms with van der Waals surface area (Å²) in [6.07, 6.45) is 0. The first-order valence-electron chi connectivity index (χ1n) is 4.94. The molecule has 2 aromatic rings. The van der Waals surface area contributed by atoms with Crippen LogP contribution in [-0.4, -0.2) is 16.0 Å². The number of carbonyl (C=O) groups is 1. The van der Waals surface area contributed by atoms with E-state index in [1.807, 2.05) is 0 Å². The lowest BCUT2D eigenvalue weighted by Crippen LogP contribution is -2.14. The summed E-state index contributed by atoms with van der Waals surface area (Å²) in [7, 11) is 0. The molecular formula is C11H10FN3O2. The third-order valence-corrected chi connectivity index (χ3v) is 2.22. The molecule has 0 fully saturated rings. The van der Waals surface area contributed by atoms with Crippen LogP contribution in [0.15, 0.2) is 22.7 Å². The molecular weight excluding hydrogens is 225 g/mol. The van der Waals surface area contributed by atoms with E-state index >= 15 is 0 Å². The van der Waals surface area contributed by atoms with Crippen LogP contribution in [0.2, 0.25) is 0 Å². The van der Waals surface area contributed by atoms with E-state index in [4.69, 9.17) is 4.52 Å². The van der Waals surface area contributed by atoms with Crippen LogP contribution in [0.25, 0.3) is 0 Å². The van der Waals surface area contributed by atoms with E-state index in [9.17, 15) is 9.18 Å². The maximum absolute atomic E-state index is 12.8. The van der Waals surface area contributed by atoms with Gasteiger partial charge in [0.1, 0.15) is 17.1 Å². The molecule has 0 saturated carbocycles. The third kappa shape index (κ3) is 2.30. The van der Waals surface area contributed by atoms with E-state index in [1.165, 1.54) is 18.2 Å². The molecule has 0 radical (unpaired) electrons. The van der Waals surface area contributed by atoms with Gasteiger partial charge in [-0.3, -0.25) is 4.79 Å². The summed E-state index contributed by atoms with van der Waals surface area (Å²) in [5, 5.41) is 6.14. The van der Waals surface area contributed by atoms with Crippen LogP contribution in [0, 0.1) is 19.8 Å². The fraction of sp³-hybridized carbons (Fsp3) is 0.182. The number of hydrogen-bond acceptors (Lipinski definition) is 4. The predicted molar refractivity (Wildman–Crippen MR) is 58.1 cm³/mol. The number of nitrogens with zero attached hydrogens (tertiary/aromatic N) is 2. The van der Waals surface area contributed by atoms with Crippen molar-refractivity contribution in [3.05, 3.63) is 41.2 Å². The number of carbonyl (C=O) groups excluding carboxylic acids is 1. The Bertz CT molecular complexity index is 546. The van der Waals surface area contributed by atoms with Crippen LogP contribution in [0.4, 0.5) is 10.2 Å². The van der Waals surface area contributed by atoms with Crippen LogP contribution < -0.4 is 5.32 Å². The summed E-state index contributed by atoms with van der Waals surface area (Å²) in [6, 6.07) is 4.16. The predicted octanol–water partition coefficient (Wildman–Crippen LogP) is 2.08. The Morgan fingerprint density at radius 3 is 2.76 bits per heavy atom. The molecule has 0 aromatic carbocycles. The van der Waals surface area contributed by atoms with Gasteiger partial charge in [0, 0.05) is 0 Å². The van der Waals surface area contributed by atoms with Crippen LogP contribution in [0.3, 0.4) is 0 Å². The van der Waals surface area contributed by atoms with E-state index in [0.717, 1.165) is 0 Å². The highest BCUT2D eigenvalue weighted by Crippen LogP contribution is 2.14. The molecule has 17 heavy (non-hydrogen) atoms. The standard InChI is InChI=1S/C11H10FN3O2/c1-6-10(7(2)17-15-6)11(16)14-9-5-3-4-8(12)13-9/h3-5H,1-2H3,(H,13,14,16). The SMILES string of the molecule is Cc1noc(C)c1C(=O)Nc1cccc(F)n1. The maximum Gasteiger partial charge on any atom is 0.262 e. The second-order valence-electron chi connectivity index (χ2n) is 3.50. The number of aromatic nitrogens is 2. The molecule has 2 aromatic heterocycles. The van der Waals surface area contributed by atoms with Crippen LogP contribution in [0.5, 0.6) is 0 Å². The van der Waals surface area contributed by atoms with Gasteiger partial charge in [-0.25, -0.2) is 4.98 Å². The molecule has 88 valence electrons. The zero-order chi connectivity index (χ0) is 12.4. The first kappa shape index (κ1) is 11.3. The van der Waals surface area contributed by atoms with Gasteiger partial charge in [-0.05, 0) is 26.0 Å². The number of aryl methyl sites for hydroxylation is 2. The normalized spacial score (nSPS) is 10.3. The minimum absolute atomic E-state index is 0.148. The molecule has 2 heterocycles. The van der Waals surface area contributed by atoms with Crippen LogP contribution in [-0.2, 0) is 0 Å². The van der Waals surface area contributed by atoms with Gasteiger partial charge in [-0.15, -0.1) is 0 Å². The van der Waals surface area contributed by atoms with Crippen molar-refractivity contribution in [3.8, 4) is 0 Å². The maximum atomic E-state index is 12.8. The smallest absolute Gasteiger partial charge is 0.262 e. The van der Waals surface area contributed by atoms with E-state index in [1.54, 1.807) is 13.8 Å². The van der Waals surface area contributed by atoms with Crippen LogP contribution in [0.1, 0.15) is 21.8 Å². The van der Waals surface area contributed by atoms with Gasteiger partial charge in [0.15, 0.2) is 0 Å². The third-order valence-electron chi connectivity index (χ3n) is 2.22. The van der Waals surface area contributed by atoms with E-state index in [-0.39, 0.29) is 5.82 Å². The van der Waals surface area contributed by atoms with Crippen molar-refractivity contribution in [1.29, 1.82) is 0 Å². The Kier molecular flexibility index (Phi) is 2.86. The molecule has 2 rings (SSSR count). The minimum Gasteiger partial charge on any atom is -0.361 e. The summed E-state index contributed by atoms with van der Waals surface area (Å²) < 4.78 is 17.7. The highest BCUT2D eigenvalue weighted by molar-refractivity contribution is 6.05. The lowest BCUT2D eigenvalue weighted by atomic mass is 10.2. The van der Waals surface area contributed by atoms with E-state index in [2.05, 4.69) is 15.5 Å². The number of anilines is 1. The van der Waals surface area contributed by atoms with Gasteiger partial charge in [0.05, 0.1) is 5.69 Å². The molecule has 0 spiro atoms. The van der Waals surface area contributed by atoms with Crippen molar-refractivity contribution in [1.82, 2.24) is 10.1 Å². The van der Waals surface area contributed by atoms with Crippen LogP contribution >= 0.6 is 0 Å². The molecule has 1 amide bonds. The van der Waals surface area contributed by atoms with E-state index in [0.29, 0.717) is 17.0 Å². The van der Waals surface area contributed by atoms with Gasteiger partial charge in [0.2, 0.25) is 5.95 Å². The summed E-state index contributed by atoms with van der Waals surface area (Å²) in [6.45, 7) is 3.29. The molecule has 5 nitrogen and oxygen atoms in total. The topological polar surface area (TPSA) is 68.0 Å². The van der Waals surface area contributed by atoms with Crippen molar-refractivity contribution in [2.75, 3.05) is 5.32 Å². The van der Waals surface area contributed by atoms with Gasteiger partial charge in [-0.2, -0.15) is 4.39 Å². The Morgan fingerprint density at radius 1 is 1.41 bits per heavy atom. The number of rotatable bonds is 2. The highest BCUT2D eigenvalue weighted by atomic mass is 19.1. The summed E-state index contributed by atoms with van der Waals surface area (Å²) in [4.78, 5) is 15.4. The molecule has 0 atom stereocenters. The molecule has 6 heteroatoms. The van der Waals surface area contributed by atoms with Crippen molar-refractivity contribution in [2.45, 2.75) is 13.8 Å². The fourth-order valence-electron chi connectivity index (χ4n) is 1.46. The number of amides is 1. The highest BCUT2D eigenvalue weighted by Gasteiger charge is 2.17. The number of hydrogen-bond donors (Lipinski definition) is 1. The minimum atomic E-state index is -0.651. The van der Waals surface area contributed by atoms with Gasteiger partial charge < -0.3 is 9.84 Å². The average molecular weight is 235 g/mol. The summed E-state index contributed by atoms with van der Waals surface area (Å²) in [5.74, 6) is -0.507. The first-order chi connectivity index (χ1) is 8.08. The van der Waals surface area contributed by atoms with Crippen molar-refractivity contribution in [2.24, 2.45) is 0 Å². The fourth-order valence-corrected chi connectivity index (χ4v) is 1.46. The second kappa shape index (κ2) is 4.32. The largest absolute Gasteiger partial charge is 0.361 e. The Labute approximate surface area is 96.6 Å². The Balaban J connectivity index is 2.23. The molecule has 0 aliphatic heterocycles. The summed E-state index contributed by atoms with van der Waals surface area (Å²) in [5.41, 5.74) is 0.826. The molecule has 1 N–H and O–H groups in total. The van der Waals surface area contributed by atoms with Gasteiger partial charge in [-0.1, -0.05) is 11.2 Å². The zero-order valence-electron chi connectivity index (χ0n) is 9.32. The Hall–Kier alpha value is -2.24.